The molecule has 1 fully saturated rings. The number of hydrogen-bond donors (Lipinski definition) is 1. The number of hydrogen-bond acceptors (Lipinski definition) is 9. The van der Waals surface area contributed by atoms with E-state index in [2.05, 4.69) is 44.3 Å². The first-order chi connectivity index (χ1) is 18.5. The van der Waals surface area contributed by atoms with Crippen LogP contribution in [0.1, 0.15) is 53.9 Å². The lowest BCUT2D eigenvalue weighted by molar-refractivity contribution is -0.00334. The van der Waals surface area contributed by atoms with E-state index >= 15 is 0 Å². The van der Waals surface area contributed by atoms with Crippen molar-refractivity contribution in [3.8, 4) is 11.5 Å². The first-order valence-corrected chi connectivity index (χ1v) is 14.8. The van der Waals surface area contributed by atoms with E-state index in [1.54, 1.807) is 0 Å². The number of fused-ring (bicyclic) bond motifs is 2. The molecule has 2 unspecified atom stereocenters. The van der Waals surface area contributed by atoms with Crippen molar-refractivity contribution in [3.63, 3.8) is 0 Å². The van der Waals surface area contributed by atoms with Gasteiger partial charge in [0.25, 0.3) is 0 Å². The van der Waals surface area contributed by atoms with Crippen molar-refractivity contribution in [2.75, 3.05) is 19.1 Å². The van der Waals surface area contributed by atoms with E-state index in [4.69, 9.17) is 24.9 Å². The topological polar surface area (TPSA) is 118 Å². The minimum absolute atomic E-state index is 0.134. The number of piperidine rings is 1. The average molecular weight is 620 g/mol. The van der Waals surface area contributed by atoms with Gasteiger partial charge in [0, 0.05) is 28.5 Å². The van der Waals surface area contributed by atoms with E-state index in [-0.39, 0.29) is 18.9 Å². The second kappa shape index (κ2) is 11.0. The number of carbonyl (C=O) groups excluding carboxylic acids is 1. The fourth-order valence-electron chi connectivity index (χ4n) is 5.12. The van der Waals surface area contributed by atoms with Gasteiger partial charge in [0.15, 0.2) is 33.6 Å². The summed E-state index contributed by atoms with van der Waals surface area (Å²) in [6, 6.07) is 4.00. The lowest BCUT2D eigenvalue weighted by Crippen LogP contribution is -2.50. The average Bonchev–Trinajstić information content (AvgIpc) is 3.46. The molecule has 5 rings (SSSR count). The zero-order valence-corrected chi connectivity index (χ0v) is 25.3. The van der Waals surface area contributed by atoms with Crippen molar-refractivity contribution < 1.29 is 19.0 Å². The molecule has 2 aliphatic heterocycles. The van der Waals surface area contributed by atoms with Crippen LogP contribution in [0.2, 0.25) is 0 Å². The number of carbonyl (C=O) groups is 1. The zero-order chi connectivity index (χ0) is 27.9. The van der Waals surface area contributed by atoms with E-state index in [0.717, 1.165) is 40.3 Å². The Morgan fingerprint density at radius 1 is 1.26 bits per heavy atom. The third kappa shape index (κ3) is 6.06. The number of benzene rings is 1. The highest BCUT2D eigenvalue weighted by Gasteiger charge is 2.36. The Morgan fingerprint density at radius 3 is 2.72 bits per heavy atom. The standard InChI is InChI=1S/C27H35BrN6O4S/c1-15(2)18-10-16(6-8-33(18)26(35)38-27(3,4)5)7-9-34-24-22(23(29)30-13-31-24)32-25(34)39-21-12-20-19(11-17(21)28)36-14-37-20/h11-13,15-16,18H,6-10,14H2,1-5H3,(H2,29,30,31). The summed E-state index contributed by atoms with van der Waals surface area (Å²) < 4.78 is 19.8. The number of nitrogens with zero attached hydrogens (tertiary/aromatic N) is 5. The Balaban J connectivity index is 1.36. The fourth-order valence-corrected chi connectivity index (χ4v) is 6.62. The van der Waals surface area contributed by atoms with Gasteiger partial charge in [-0.15, -0.1) is 0 Å². The Labute approximate surface area is 241 Å². The second-order valence-corrected chi connectivity index (χ2v) is 13.2. The molecule has 2 aliphatic rings. The lowest BCUT2D eigenvalue weighted by atomic mass is 9.84. The molecule has 1 saturated heterocycles. The summed E-state index contributed by atoms with van der Waals surface area (Å²) in [4.78, 5) is 29.3. The number of aromatic nitrogens is 4. The molecule has 2 N–H and O–H groups in total. The minimum Gasteiger partial charge on any atom is -0.454 e. The van der Waals surface area contributed by atoms with E-state index in [1.165, 1.54) is 18.1 Å². The van der Waals surface area contributed by atoms with Crippen molar-refractivity contribution in [3.05, 3.63) is 22.9 Å². The highest BCUT2D eigenvalue weighted by molar-refractivity contribution is 9.10. The number of nitrogen functional groups attached to an aromatic ring is 1. The smallest absolute Gasteiger partial charge is 0.410 e. The van der Waals surface area contributed by atoms with Crippen molar-refractivity contribution in [1.29, 1.82) is 0 Å². The maximum atomic E-state index is 12.9. The number of anilines is 1. The van der Waals surface area contributed by atoms with Crippen molar-refractivity contribution in [1.82, 2.24) is 24.4 Å². The molecule has 210 valence electrons. The van der Waals surface area contributed by atoms with Crippen LogP contribution < -0.4 is 15.2 Å². The molecular weight excluding hydrogens is 584 g/mol. The van der Waals surface area contributed by atoms with Gasteiger partial charge in [0.2, 0.25) is 6.79 Å². The molecule has 0 spiro atoms. The van der Waals surface area contributed by atoms with Gasteiger partial charge in [0.1, 0.15) is 11.9 Å². The van der Waals surface area contributed by atoms with Crippen LogP contribution in [0.3, 0.4) is 0 Å². The molecule has 1 aromatic carbocycles. The molecule has 0 radical (unpaired) electrons. The van der Waals surface area contributed by atoms with Gasteiger partial charge in [-0.2, -0.15) is 0 Å². The van der Waals surface area contributed by atoms with E-state index in [0.29, 0.717) is 46.9 Å². The van der Waals surface area contributed by atoms with Crippen molar-refractivity contribution in [2.45, 2.75) is 82.1 Å². The van der Waals surface area contributed by atoms with E-state index in [9.17, 15) is 4.79 Å². The summed E-state index contributed by atoms with van der Waals surface area (Å²) in [7, 11) is 0. The predicted octanol–water partition coefficient (Wildman–Crippen LogP) is 6.11. The lowest BCUT2D eigenvalue weighted by Gasteiger charge is -2.42. The summed E-state index contributed by atoms with van der Waals surface area (Å²) >= 11 is 5.18. The third-order valence-electron chi connectivity index (χ3n) is 7.07. The Bertz CT molecular complexity index is 1370. The molecular formula is C27H35BrN6O4S. The van der Waals surface area contributed by atoms with Crippen LogP contribution in [-0.4, -0.2) is 55.5 Å². The number of halogens is 1. The van der Waals surface area contributed by atoms with Gasteiger partial charge in [0.05, 0.1) is 0 Å². The first kappa shape index (κ1) is 27.8. The quantitative estimate of drug-likeness (QED) is 0.349. The van der Waals surface area contributed by atoms with Crippen LogP contribution in [0.25, 0.3) is 11.2 Å². The Kier molecular flexibility index (Phi) is 7.87. The molecule has 2 aromatic heterocycles. The molecule has 2 atom stereocenters. The molecule has 0 saturated carbocycles. The SMILES string of the molecule is CC(C)C1CC(CCn2c(Sc3cc4c(cc3Br)OCO4)nc3c(N)ncnc32)CCN1C(=O)OC(C)(C)C. The van der Waals surface area contributed by atoms with Gasteiger partial charge >= 0.3 is 6.09 Å². The molecule has 0 bridgehead atoms. The van der Waals surface area contributed by atoms with E-state index < -0.39 is 5.60 Å². The molecule has 1 amide bonds. The van der Waals surface area contributed by atoms with Crippen LogP contribution in [0.15, 0.2) is 33.0 Å². The number of rotatable bonds is 6. The fraction of sp³-hybridized carbons (Fsp3) is 0.556. The number of likely N-dealkylation sites (tertiary alicyclic amines) is 1. The van der Waals surface area contributed by atoms with Crippen LogP contribution in [-0.2, 0) is 11.3 Å². The van der Waals surface area contributed by atoms with Crippen LogP contribution in [0, 0.1) is 11.8 Å². The third-order valence-corrected chi connectivity index (χ3v) is 9.04. The number of ether oxygens (including phenoxy) is 3. The number of aryl methyl sites for hydroxylation is 1. The largest absolute Gasteiger partial charge is 0.454 e. The monoisotopic (exact) mass is 618 g/mol. The normalized spacial score (nSPS) is 19.2. The van der Waals surface area contributed by atoms with Crippen molar-refractivity contribution in [2.24, 2.45) is 11.8 Å². The predicted molar refractivity (Wildman–Crippen MR) is 153 cm³/mol. The maximum Gasteiger partial charge on any atom is 0.410 e. The summed E-state index contributed by atoms with van der Waals surface area (Å²) in [5, 5.41) is 0.781. The molecule has 39 heavy (non-hydrogen) atoms. The molecule has 3 aromatic rings. The summed E-state index contributed by atoms with van der Waals surface area (Å²) in [6.07, 6.45) is 4.03. The van der Waals surface area contributed by atoms with Gasteiger partial charge in [-0.3, -0.25) is 0 Å². The summed E-state index contributed by atoms with van der Waals surface area (Å²) in [6.45, 7) is 11.7. The molecule has 4 heterocycles. The van der Waals surface area contributed by atoms with Gasteiger partial charge in [-0.25, -0.2) is 19.7 Å². The van der Waals surface area contributed by atoms with Gasteiger partial charge in [-0.05, 0) is 79.9 Å². The number of amides is 1. The highest BCUT2D eigenvalue weighted by Crippen LogP contribution is 2.43. The summed E-state index contributed by atoms with van der Waals surface area (Å²) in [5.41, 5.74) is 6.98. The van der Waals surface area contributed by atoms with E-state index in [1.807, 2.05) is 37.8 Å². The number of imidazole rings is 1. The highest BCUT2D eigenvalue weighted by atomic mass is 79.9. The second-order valence-electron chi connectivity index (χ2n) is 11.4. The van der Waals surface area contributed by atoms with Crippen LogP contribution in [0.4, 0.5) is 10.6 Å². The Hall–Kier alpha value is -2.73. The van der Waals surface area contributed by atoms with Crippen molar-refractivity contribution >= 4 is 50.8 Å². The minimum atomic E-state index is -0.511. The first-order valence-electron chi connectivity index (χ1n) is 13.2. The van der Waals surface area contributed by atoms with Gasteiger partial charge in [-0.1, -0.05) is 25.6 Å². The molecule has 0 aliphatic carbocycles. The van der Waals surface area contributed by atoms with Crippen LogP contribution in [0.5, 0.6) is 11.5 Å². The van der Waals surface area contributed by atoms with Gasteiger partial charge < -0.3 is 29.4 Å². The Morgan fingerprint density at radius 2 is 2.00 bits per heavy atom. The van der Waals surface area contributed by atoms with Crippen LogP contribution >= 0.6 is 27.7 Å². The molecule has 12 heteroatoms. The number of nitrogens with two attached hydrogens (primary N) is 1. The maximum absolute atomic E-state index is 12.9. The molecule has 10 nitrogen and oxygen atoms in total. The summed E-state index contributed by atoms with van der Waals surface area (Å²) in [5.74, 6) is 2.56. The zero-order valence-electron chi connectivity index (χ0n) is 22.9.